The standard InChI is InChI=1S/C29H29ClN4O3S/c1-21-13-15-26(16-14-21)38(36,37)33(19-24-9-5-4-6-10-24)20-29(35)32-31-18-25-17-22(2)34(23(25)3)28-12-8-7-11-27(28)30/h4-18H,19-20H2,1-3H3,(H,32,35)/b31-18+. The third-order valence-corrected chi connectivity index (χ3v) is 8.26. The number of rotatable bonds is 9. The normalized spacial score (nSPS) is 11.8. The van der Waals surface area contributed by atoms with Crippen molar-refractivity contribution in [1.29, 1.82) is 0 Å². The summed E-state index contributed by atoms with van der Waals surface area (Å²) in [4.78, 5) is 13.0. The number of aromatic nitrogens is 1. The van der Waals surface area contributed by atoms with Crippen LogP contribution in [-0.4, -0.2) is 36.0 Å². The number of halogens is 1. The van der Waals surface area contributed by atoms with E-state index in [2.05, 4.69) is 10.5 Å². The summed E-state index contributed by atoms with van der Waals surface area (Å²) in [5.74, 6) is -0.548. The maximum Gasteiger partial charge on any atom is 0.255 e. The molecule has 0 saturated carbocycles. The summed E-state index contributed by atoms with van der Waals surface area (Å²) < 4.78 is 30.0. The van der Waals surface area contributed by atoms with Gasteiger partial charge < -0.3 is 4.57 Å². The van der Waals surface area contributed by atoms with Crippen molar-refractivity contribution < 1.29 is 13.2 Å². The van der Waals surface area contributed by atoms with Gasteiger partial charge in [-0.25, -0.2) is 13.8 Å². The van der Waals surface area contributed by atoms with Crippen molar-refractivity contribution in [2.24, 2.45) is 5.10 Å². The van der Waals surface area contributed by atoms with Gasteiger partial charge in [-0.1, -0.05) is 71.8 Å². The van der Waals surface area contributed by atoms with Gasteiger partial charge in [0.25, 0.3) is 5.91 Å². The smallest absolute Gasteiger partial charge is 0.255 e. The van der Waals surface area contributed by atoms with Gasteiger partial charge in [0.2, 0.25) is 10.0 Å². The largest absolute Gasteiger partial charge is 0.316 e. The number of carbonyl (C=O) groups is 1. The second-order valence-electron chi connectivity index (χ2n) is 8.98. The van der Waals surface area contributed by atoms with E-state index in [4.69, 9.17) is 11.6 Å². The molecule has 1 heterocycles. The van der Waals surface area contributed by atoms with E-state index >= 15 is 0 Å². The van der Waals surface area contributed by atoms with Gasteiger partial charge >= 0.3 is 0 Å². The van der Waals surface area contributed by atoms with E-state index < -0.39 is 15.9 Å². The Bertz CT molecular complexity index is 1560. The van der Waals surface area contributed by atoms with Crippen molar-refractivity contribution >= 4 is 33.7 Å². The van der Waals surface area contributed by atoms with E-state index in [1.54, 1.807) is 30.5 Å². The van der Waals surface area contributed by atoms with E-state index in [1.165, 1.54) is 0 Å². The molecule has 0 atom stereocenters. The SMILES string of the molecule is Cc1ccc(S(=O)(=O)N(CC(=O)N/N=C/c2cc(C)n(-c3ccccc3Cl)c2C)Cc2ccccc2)cc1. The number of aryl methyl sites for hydroxylation is 2. The fourth-order valence-corrected chi connectivity index (χ4v) is 5.77. The van der Waals surface area contributed by atoms with Crippen molar-refractivity contribution in [3.05, 3.63) is 118 Å². The lowest BCUT2D eigenvalue weighted by atomic mass is 10.2. The summed E-state index contributed by atoms with van der Waals surface area (Å²) in [7, 11) is -3.93. The molecular weight excluding hydrogens is 520 g/mol. The molecule has 9 heteroatoms. The molecule has 0 bridgehead atoms. The highest BCUT2D eigenvalue weighted by atomic mass is 35.5. The van der Waals surface area contributed by atoms with Crippen LogP contribution in [0.25, 0.3) is 5.69 Å². The van der Waals surface area contributed by atoms with Crippen molar-refractivity contribution in [2.75, 3.05) is 6.54 Å². The quantitative estimate of drug-likeness (QED) is 0.225. The zero-order valence-corrected chi connectivity index (χ0v) is 23.0. The lowest BCUT2D eigenvalue weighted by molar-refractivity contribution is -0.121. The molecule has 0 unspecified atom stereocenters. The van der Waals surface area contributed by atoms with E-state index in [0.29, 0.717) is 5.02 Å². The van der Waals surface area contributed by atoms with Crippen LogP contribution in [0.4, 0.5) is 0 Å². The van der Waals surface area contributed by atoms with Crippen molar-refractivity contribution in [3.8, 4) is 5.69 Å². The Kier molecular flexibility index (Phi) is 8.46. The Morgan fingerprint density at radius 3 is 2.32 bits per heavy atom. The number of para-hydroxylation sites is 1. The predicted octanol–water partition coefficient (Wildman–Crippen LogP) is 5.40. The number of benzene rings is 3. The maximum absolute atomic E-state index is 13.4. The predicted molar refractivity (Wildman–Crippen MR) is 151 cm³/mol. The molecule has 0 aliphatic heterocycles. The number of hydrazone groups is 1. The summed E-state index contributed by atoms with van der Waals surface area (Å²) in [6.45, 7) is 5.45. The van der Waals surface area contributed by atoms with Crippen LogP contribution in [0, 0.1) is 20.8 Å². The minimum Gasteiger partial charge on any atom is -0.316 e. The zero-order valence-electron chi connectivity index (χ0n) is 21.4. The molecule has 3 aromatic carbocycles. The Morgan fingerprint density at radius 2 is 1.63 bits per heavy atom. The number of sulfonamides is 1. The Morgan fingerprint density at radius 1 is 0.974 bits per heavy atom. The summed E-state index contributed by atoms with van der Waals surface area (Å²) in [5, 5.41) is 4.73. The first kappa shape index (κ1) is 27.3. The van der Waals surface area contributed by atoms with Gasteiger partial charge in [0, 0.05) is 23.5 Å². The fourth-order valence-electron chi connectivity index (χ4n) is 4.16. The summed E-state index contributed by atoms with van der Waals surface area (Å²) in [5.41, 5.74) is 7.71. The van der Waals surface area contributed by atoms with E-state index in [-0.39, 0.29) is 18.0 Å². The molecule has 4 rings (SSSR count). The second kappa shape index (κ2) is 11.8. The number of nitrogens with one attached hydrogen (secondary N) is 1. The van der Waals surface area contributed by atoms with Crippen LogP contribution in [0.5, 0.6) is 0 Å². The fraction of sp³-hybridized carbons (Fsp3) is 0.172. The van der Waals surface area contributed by atoms with Crippen LogP contribution in [0.15, 0.2) is 94.9 Å². The minimum atomic E-state index is -3.93. The molecule has 0 aliphatic rings. The van der Waals surface area contributed by atoms with E-state index in [9.17, 15) is 13.2 Å². The molecule has 0 saturated heterocycles. The van der Waals surface area contributed by atoms with Crippen LogP contribution >= 0.6 is 11.6 Å². The van der Waals surface area contributed by atoms with Gasteiger partial charge in [-0.2, -0.15) is 9.41 Å². The summed E-state index contributed by atoms with van der Waals surface area (Å²) in [6.07, 6.45) is 1.55. The Balaban J connectivity index is 1.52. The summed E-state index contributed by atoms with van der Waals surface area (Å²) in [6, 6.07) is 25.2. The van der Waals surface area contributed by atoms with Gasteiger partial charge in [0.1, 0.15) is 0 Å². The molecular formula is C29H29ClN4O3S. The molecule has 0 radical (unpaired) electrons. The second-order valence-corrected chi connectivity index (χ2v) is 11.3. The molecule has 1 aromatic heterocycles. The first-order valence-electron chi connectivity index (χ1n) is 12.0. The Hall–Kier alpha value is -3.72. The number of hydrogen-bond acceptors (Lipinski definition) is 4. The molecule has 1 amide bonds. The highest BCUT2D eigenvalue weighted by Crippen LogP contribution is 2.25. The maximum atomic E-state index is 13.4. The van der Waals surface area contributed by atoms with Gasteiger partial charge in [-0.05, 0) is 56.7 Å². The molecule has 0 fully saturated rings. The van der Waals surface area contributed by atoms with E-state index in [1.807, 2.05) is 86.0 Å². The molecule has 1 N–H and O–H groups in total. The monoisotopic (exact) mass is 548 g/mol. The molecule has 38 heavy (non-hydrogen) atoms. The summed E-state index contributed by atoms with van der Waals surface area (Å²) >= 11 is 6.39. The van der Waals surface area contributed by atoms with Gasteiger partial charge in [-0.15, -0.1) is 0 Å². The zero-order chi connectivity index (χ0) is 27.3. The van der Waals surface area contributed by atoms with Gasteiger partial charge in [0.05, 0.1) is 28.4 Å². The molecule has 4 aromatic rings. The molecule has 0 aliphatic carbocycles. The highest BCUT2D eigenvalue weighted by Gasteiger charge is 2.27. The van der Waals surface area contributed by atoms with E-state index in [0.717, 1.165) is 38.1 Å². The lowest BCUT2D eigenvalue weighted by Gasteiger charge is -2.21. The van der Waals surface area contributed by atoms with Crippen molar-refractivity contribution in [3.63, 3.8) is 0 Å². The van der Waals surface area contributed by atoms with Crippen LogP contribution in [0.3, 0.4) is 0 Å². The van der Waals surface area contributed by atoms with Gasteiger partial charge in [0.15, 0.2) is 0 Å². The van der Waals surface area contributed by atoms with Crippen LogP contribution in [0.2, 0.25) is 5.02 Å². The molecule has 7 nitrogen and oxygen atoms in total. The molecule has 196 valence electrons. The average molecular weight is 549 g/mol. The van der Waals surface area contributed by atoms with Crippen LogP contribution < -0.4 is 5.43 Å². The first-order chi connectivity index (χ1) is 18.2. The molecule has 0 spiro atoms. The van der Waals surface area contributed by atoms with Crippen molar-refractivity contribution in [1.82, 2.24) is 14.3 Å². The van der Waals surface area contributed by atoms with Gasteiger partial charge in [-0.3, -0.25) is 4.79 Å². The minimum absolute atomic E-state index is 0.0488. The van der Waals surface area contributed by atoms with Crippen molar-refractivity contribution in [2.45, 2.75) is 32.2 Å². The number of hydrogen-bond donors (Lipinski definition) is 1. The number of amides is 1. The lowest BCUT2D eigenvalue weighted by Crippen LogP contribution is -2.39. The average Bonchev–Trinajstić information content (AvgIpc) is 3.17. The number of carbonyl (C=O) groups excluding carboxylic acids is 1. The Labute approximate surface area is 228 Å². The number of nitrogens with zero attached hydrogens (tertiary/aromatic N) is 3. The van der Waals surface area contributed by atoms with Crippen LogP contribution in [-0.2, 0) is 21.4 Å². The van der Waals surface area contributed by atoms with Crippen LogP contribution in [0.1, 0.15) is 28.1 Å². The third-order valence-electron chi connectivity index (χ3n) is 6.14. The first-order valence-corrected chi connectivity index (χ1v) is 13.8. The third kappa shape index (κ3) is 6.22. The highest BCUT2D eigenvalue weighted by molar-refractivity contribution is 7.89. The topological polar surface area (TPSA) is 83.8 Å².